The van der Waals surface area contributed by atoms with Crippen molar-refractivity contribution in [2.24, 2.45) is 10.9 Å². The lowest BCUT2D eigenvalue weighted by molar-refractivity contribution is -0.142. The van der Waals surface area contributed by atoms with Crippen LogP contribution in [0.5, 0.6) is 0 Å². The van der Waals surface area contributed by atoms with Gasteiger partial charge in [0.15, 0.2) is 15.8 Å². The van der Waals surface area contributed by atoms with Crippen LogP contribution in [-0.2, 0) is 19.4 Å². The summed E-state index contributed by atoms with van der Waals surface area (Å²) in [7, 11) is -2.86. The van der Waals surface area contributed by atoms with Gasteiger partial charge in [0.05, 0.1) is 11.5 Å². The molecule has 0 aliphatic carbocycles. The molecule has 0 bridgehead atoms. The van der Waals surface area contributed by atoms with Crippen LogP contribution in [0.2, 0.25) is 0 Å². The number of halogens is 1. The van der Waals surface area contributed by atoms with Crippen molar-refractivity contribution in [2.75, 3.05) is 57.4 Å². The average molecular weight is 514 g/mol. The Kier molecular flexibility index (Phi) is 8.60. The first-order valence-corrected chi connectivity index (χ1v) is 11.4. The van der Waals surface area contributed by atoms with Gasteiger partial charge in [-0.15, -0.1) is 24.0 Å². The van der Waals surface area contributed by atoms with Gasteiger partial charge in [-0.25, -0.2) is 8.42 Å². The third-order valence-corrected chi connectivity index (χ3v) is 7.09. The molecule has 3 aliphatic rings. The number of piperazine rings is 1. The third kappa shape index (κ3) is 6.18. The lowest BCUT2D eigenvalue weighted by Crippen LogP contribution is -2.55. The molecule has 0 radical (unpaired) electrons. The number of guanidine groups is 1. The molecule has 27 heavy (non-hydrogen) atoms. The number of amides is 1. The van der Waals surface area contributed by atoms with E-state index < -0.39 is 9.84 Å². The fourth-order valence-corrected chi connectivity index (χ4v) is 5.62. The summed E-state index contributed by atoms with van der Waals surface area (Å²) in [5.74, 6) is 1.59. The summed E-state index contributed by atoms with van der Waals surface area (Å²) in [4.78, 5) is 21.2. The van der Waals surface area contributed by atoms with Gasteiger partial charge in [0.1, 0.15) is 6.10 Å². The maximum atomic E-state index is 12.4. The van der Waals surface area contributed by atoms with Gasteiger partial charge in [-0.2, -0.15) is 0 Å². The molecule has 8 nitrogen and oxygen atoms in total. The lowest BCUT2D eigenvalue weighted by Gasteiger charge is -2.37. The molecule has 3 fully saturated rings. The number of carbonyl (C=O) groups is 1. The first kappa shape index (κ1) is 22.7. The van der Waals surface area contributed by atoms with Crippen LogP contribution in [0.3, 0.4) is 0 Å². The maximum absolute atomic E-state index is 12.4. The molecule has 3 heterocycles. The number of carbonyl (C=O) groups excluding carboxylic acids is 1. The number of rotatable bonds is 4. The molecule has 1 amide bonds. The smallest absolute Gasteiger partial charge is 0.251 e. The highest BCUT2D eigenvalue weighted by Gasteiger charge is 2.31. The Morgan fingerprint density at radius 2 is 1.89 bits per heavy atom. The van der Waals surface area contributed by atoms with E-state index >= 15 is 0 Å². The number of aliphatic imine (C=N–C) groups is 1. The molecule has 0 spiro atoms. The predicted octanol–water partition coefficient (Wildman–Crippen LogP) is 0.328. The van der Waals surface area contributed by atoms with Gasteiger partial charge in [-0.1, -0.05) is 0 Å². The minimum absolute atomic E-state index is 0. The van der Waals surface area contributed by atoms with Gasteiger partial charge in [0, 0.05) is 45.9 Å². The minimum atomic E-state index is -2.86. The Morgan fingerprint density at radius 3 is 2.44 bits per heavy atom. The van der Waals surface area contributed by atoms with E-state index in [1.54, 1.807) is 0 Å². The largest absolute Gasteiger partial charge is 0.368 e. The Hall–Kier alpha value is -0.620. The second-order valence-electron chi connectivity index (χ2n) is 7.28. The fraction of sp³-hybridized carbons (Fsp3) is 0.882. The van der Waals surface area contributed by atoms with Crippen LogP contribution < -0.4 is 5.32 Å². The maximum Gasteiger partial charge on any atom is 0.251 e. The molecule has 3 rings (SSSR count). The second-order valence-corrected chi connectivity index (χ2v) is 9.51. The van der Waals surface area contributed by atoms with Crippen LogP contribution in [0, 0.1) is 5.92 Å². The Bertz CT molecular complexity index is 629. The molecular weight excluding hydrogens is 483 g/mol. The summed E-state index contributed by atoms with van der Waals surface area (Å²) in [6.07, 6.45) is 2.24. The average Bonchev–Trinajstić information content (AvgIpc) is 3.28. The number of nitrogens with zero attached hydrogens (tertiary/aromatic N) is 3. The summed E-state index contributed by atoms with van der Waals surface area (Å²) < 4.78 is 28.7. The number of nitrogens with one attached hydrogen (secondary N) is 1. The van der Waals surface area contributed by atoms with E-state index in [4.69, 9.17) is 4.74 Å². The topological polar surface area (TPSA) is 91.3 Å². The van der Waals surface area contributed by atoms with Crippen LogP contribution in [0.15, 0.2) is 4.99 Å². The SMILES string of the molecule is CCNC(=NCC1CCS(=O)(=O)C1)N1CCN(C(=O)C2CCCO2)CC1.I. The Balaban J connectivity index is 0.00000261. The highest BCUT2D eigenvalue weighted by molar-refractivity contribution is 14.0. The van der Waals surface area contributed by atoms with E-state index in [9.17, 15) is 13.2 Å². The summed E-state index contributed by atoms with van der Waals surface area (Å²) in [5, 5.41) is 3.29. The number of sulfone groups is 1. The van der Waals surface area contributed by atoms with E-state index in [0.717, 1.165) is 38.4 Å². The van der Waals surface area contributed by atoms with Gasteiger partial charge in [0.25, 0.3) is 5.91 Å². The van der Waals surface area contributed by atoms with Crippen molar-refractivity contribution in [3.8, 4) is 0 Å². The minimum Gasteiger partial charge on any atom is -0.368 e. The molecular formula is C17H31IN4O4S. The zero-order chi connectivity index (χ0) is 18.6. The summed E-state index contributed by atoms with van der Waals surface area (Å²) in [5.41, 5.74) is 0. The molecule has 0 aromatic carbocycles. The standard InChI is InChI=1S/C17H30N4O4S.HI/c1-2-18-17(19-12-14-5-11-26(23,24)13-14)21-8-6-20(7-9-21)16(22)15-4-3-10-25-15;/h14-15H,2-13H2,1H3,(H,18,19);1H. The van der Waals surface area contributed by atoms with E-state index in [2.05, 4.69) is 15.2 Å². The second kappa shape index (κ2) is 10.2. The van der Waals surface area contributed by atoms with E-state index in [1.165, 1.54) is 0 Å². The molecule has 2 atom stereocenters. The number of hydrogen-bond acceptors (Lipinski definition) is 5. The summed E-state index contributed by atoms with van der Waals surface area (Å²) >= 11 is 0. The van der Waals surface area contributed by atoms with Gasteiger partial charge < -0.3 is 19.9 Å². The number of ether oxygens (including phenoxy) is 1. The van der Waals surface area contributed by atoms with E-state index in [0.29, 0.717) is 32.7 Å². The van der Waals surface area contributed by atoms with E-state index in [-0.39, 0.29) is 53.4 Å². The van der Waals surface area contributed by atoms with Gasteiger partial charge in [-0.3, -0.25) is 9.79 Å². The van der Waals surface area contributed by atoms with Crippen molar-refractivity contribution in [3.63, 3.8) is 0 Å². The van der Waals surface area contributed by atoms with Crippen LogP contribution in [-0.4, -0.2) is 93.6 Å². The first-order valence-electron chi connectivity index (χ1n) is 9.62. The lowest BCUT2D eigenvalue weighted by atomic mass is 10.1. The van der Waals surface area contributed by atoms with Crippen LogP contribution in [0.1, 0.15) is 26.2 Å². The van der Waals surface area contributed by atoms with Crippen LogP contribution in [0.4, 0.5) is 0 Å². The molecule has 3 saturated heterocycles. The van der Waals surface area contributed by atoms with Crippen molar-refractivity contribution in [1.29, 1.82) is 0 Å². The summed E-state index contributed by atoms with van der Waals surface area (Å²) in [6, 6.07) is 0. The van der Waals surface area contributed by atoms with Crippen molar-refractivity contribution in [2.45, 2.75) is 32.3 Å². The Labute approximate surface area is 179 Å². The molecule has 10 heteroatoms. The molecule has 1 N–H and O–H groups in total. The van der Waals surface area contributed by atoms with Crippen molar-refractivity contribution < 1.29 is 17.9 Å². The van der Waals surface area contributed by atoms with Gasteiger partial charge in [0.2, 0.25) is 0 Å². The third-order valence-electron chi connectivity index (χ3n) is 5.26. The molecule has 0 aromatic heterocycles. The number of hydrogen-bond donors (Lipinski definition) is 1. The molecule has 0 aromatic rings. The monoisotopic (exact) mass is 514 g/mol. The van der Waals surface area contributed by atoms with Gasteiger partial charge >= 0.3 is 0 Å². The normalized spacial score (nSPS) is 28.1. The fourth-order valence-electron chi connectivity index (χ4n) is 3.77. The van der Waals surface area contributed by atoms with Crippen LogP contribution >= 0.6 is 24.0 Å². The molecule has 0 saturated carbocycles. The van der Waals surface area contributed by atoms with E-state index in [1.807, 2.05) is 11.8 Å². The molecule has 2 unspecified atom stereocenters. The zero-order valence-corrected chi connectivity index (χ0v) is 19.1. The predicted molar refractivity (Wildman–Crippen MR) is 115 cm³/mol. The van der Waals surface area contributed by atoms with Crippen LogP contribution in [0.25, 0.3) is 0 Å². The highest BCUT2D eigenvalue weighted by atomic mass is 127. The van der Waals surface area contributed by atoms with Crippen molar-refractivity contribution in [3.05, 3.63) is 0 Å². The van der Waals surface area contributed by atoms with Gasteiger partial charge in [-0.05, 0) is 32.1 Å². The molecule has 156 valence electrons. The molecule has 3 aliphatic heterocycles. The highest BCUT2D eigenvalue weighted by Crippen LogP contribution is 2.19. The zero-order valence-electron chi connectivity index (χ0n) is 15.9. The quantitative estimate of drug-likeness (QED) is 0.331. The van der Waals surface area contributed by atoms with Crippen molar-refractivity contribution in [1.82, 2.24) is 15.1 Å². The Morgan fingerprint density at radius 1 is 1.19 bits per heavy atom. The van der Waals surface area contributed by atoms with Crippen molar-refractivity contribution >= 4 is 45.7 Å². The first-order chi connectivity index (χ1) is 12.5. The summed E-state index contributed by atoms with van der Waals surface area (Å²) in [6.45, 7) is 6.80.